The third kappa shape index (κ3) is 4.57. The Hall–Kier alpha value is -2.49. The fourth-order valence-corrected chi connectivity index (χ4v) is 3.02. The molecule has 0 saturated carbocycles. The zero-order valence-corrected chi connectivity index (χ0v) is 14.2. The summed E-state index contributed by atoms with van der Waals surface area (Å²) in [6, 6.07) is 6.93. The van der Waals surface area contributed by atoms with Crippen LogP contribution in [-0.2, 0) is 11.2 Å². The summed E-state index contributed by atoms with van der Waals surface area (Å²) in [7, 11) is 0. The normalized spacial score (nSPS) is 18.9. The fraction of sp³-hybridized carbons (Fsp3) is 0.500. The molecule has 1 aliphatic heterocycles. The van der Waals surface area contributed by atoms with E-state index >= 15 is 0 Å². The molecule has 26 heavy (non-hydrogen) atoms. The second-order valence-corrected chi connectivity index (χ2v) is 6.37. The van der Waals surface area contributed by atoms with Gasteiger partial charge in [-0.3, -0.25) is 9.69 Å². The molecule has 1 unspecified atom stereocenters. The average molecular weight is 368 g/mol. The average Bonchev–Trinajstić information content (AvgIpc) is 3.11. The number of rotatable bonds is 4. The molecule has 0 spiro atoms. The summed E-state index contributed by atoms with van der Waals surface area (Å²) in [5.74, 6) is -0.0846. The maximum Gasteiger partial charge on any atom is 0.401 e. The minimum absolute atomic E-state index is 0.0846. The summed E-state index contributed by atoms with van der Waals surface area (Å²) in [6.45, 7) is 1.62. The molecule has 7 nitrogen and oxygen atoms in total. The number of aromatic nitrogens is 4. The maximum absolute atomic E-state index is 12.6. The minimum atomic E-state index is -4.22. The first-order chi connectivity index (χ1) is 12.3. The Morgan fingerprint density at radius 1 is 1.23 bits per heavy atom. The minimum Gasteiger partial charge on any atom is -0.340 e. The second kappa shape index (κ2) is 7.40. The number of carbonyl (C=O) groups excluding carboxylic acids is 1. The van der Waals surface area contributed by atoms with E-state index in [1.165, 1.54) is 15.9 Å². The summed E-state index contributed by atoms with van der Waals surface area (Å²) in [5, 5.41) is 10.9. The Balaban J connectivity index is 1.55. The molecule has 1 atom stereocenters. The van der Waals surface area contributed by atoms with Crippen molar-refractivity contribution in [3.8, 4) is 5.69 Å². The Labute approximate surface area is 148 Å². The van der Waals surface area contributed by atoms with E-state index in [2.05, 4.69) is 15.5 Å². The van der Waals surface area contributed by atoms with E-state index in [0.29, 0.717) is 13.1 Å². The van der Waals surface area contributed by atoms with Gasteiger partial charge in [0, 0.05) is 25.7 Å². The Kier molecular flexibility index (Phi) is 5.21. The number of piperazine rings is 1. The molecule has 140 valence electrons. The number of alkyl halides is 3. The molecule has 1 aliphatic rings. The summed E-state index contributed by atoms with van der Waals surface area (Å²) in [5.41, 5.74) is 1.61. The van der Waals surface area contributed by atoms with Gasteiger partial charge in [-0.05, 0) is 35.0 Å². The molecular formula is C16H19F3N6O. The van der Waals surface area contributed by atoms with Gasteiger partial charge in [-0.15, -0.1) is 5.10 Å². The number of halogens is 3. The third-order valence-electron chi connectivity index (χ3n) is 4.41. The summed E-state index contributed by atoms with van der Waals surface area (Å²) >= 11 is 0. The maximum atomic E-state index is 12.6. The van der Waals surface area contributed by atoms with Crippen LogP contribution in [0.4, 0.5) is 13.2 Å². The number of hydrogen-bond acceptors (Lipinski definition) is 5. The Bertz CT molecular complexity index is 731. The first-order valence-electron chi connectivity index (χ1n) is 8.23. The molecule has 1 saturated heterocycles. The van der Waals surface area contributed by atoms with Crippen molar-refractivity contribution < 1.29 is 18.0 Å². The van der Waals surface area contributed by atoms with Crippen LogP contribution in [-0.4, -0.2) is 74.3 Å². The molecule has 0 N–H and O–H groups in total. The zero-order valence-electron chi connectivity index (χ0n) is 14.2. The second-order valence-electron chi connectivity index (χ2n) is 6.37. The molecule has 2 heterocycles. The highest BCUT2D eigenvalue weighted by atomic mass is 19.4. The predicted molar refractivity (Wildman–Crippen MR) is 86.5 cm³/mol. The van der Waals surface area contributed by atoms with Crippen LogP contribution in [0, 0.1) is 0 Å². The highest BCUT2D eigenvalue weighted by Gasteiger charge is 2.35. The lowest BCUT2D eigenvalue weighted by atomic mass is 10.1. The van der Waals surface area contributed by atoms with Gasteiger partial charge in [0.05, 0.1) is 18.7 Å². The van der Waals surface area contributed by atoms with Gasteiger partial charge in [0.15, 0.2) is 0 Å². The lowest BCUT2D eigenvalue weighted by molar-refractivity contribution is -0.157. The Morgan fingerprint density at radius 3 is 2.54 bits per heavy atom. The van der Waals surface area contributed by atoms with Crippen molar-refractivity contribution in [1.82, 2.24) is 30.0 Å². The molecule has 0 bridgehead atoms. The van der Waals surface area contributed by atoms with E-state index in [1.807, 2.05) is 24.3 Å². The first-order valence-corrected chi connectivity index (χ1v) is 8.23. The third-order valence-corrected chi connectivity index (χ3v) is 4.41. The summed E-state index contributed by atoms with van der Waals surface area (Å²) in [4.78, 5) is 15.5. The molecule has 1 amide bonds. The van der Waals surface area contributed by atoms with Gasteiger partial charge in [0.25, 0.3) is 0 Å². The smallest absolute Gasteiger partial charge is 0.340 e. The highest BCUT2D eigenvalue weighted by Crippen LogP contribution is 2.20. The molecular weight excluding hydrogens is 349 g/mol. The number of hydrogen-bond donors (Lipinski definition) is 0. The number of nitrogens with zero attached hydrogens (tertiary/aromatic N) is 6. The summed E-state index contributed by atoms with van der Waals surface area (Å²) in [6.07, 6.45) is -2.54. The SMILES string of the molecule is CC1CN(C(=O)Cc2ccc(-n3cnnn3)cc2)CCN1CC(F)(F)F. The van der Waals surface area contributed by atoms with Crippen LogP contribution >= 0.6 is 0 Å². The zero-order chi connectivity index (χ0) is 18.7. The largest absolute Gasteiger partial charge is 0.401 e. The van der Waals surface area contributed by atoms with E-state index < -0.39 is 12.7 Å². The molecule has 0 radical (unpaired) electrons. The number of amides is 1. The monoisotopic (exact) mass is 368 g/mol. The van der Waals surface area contributed by atoms with Crippen molar-refractivity contribution in [3.05, 3.63) is 36.2 Å². The van der Waals surface area contributed by atoms with Crippen LogP contribution in [0.1, 0.15) is 12.5 Å². The number of carbonyl (C=O) groups is 1. The number of tetrazole rings is 1. The van der Waals surface area contributed by atoms with Crippen LogP contribution in [0.2, 0.25) is 0 Å². The molecule has 3 rings (SSSR count). The van der Waals surface area contributed by atoms with Crippen molar-refractivity contribution in [2.24, 2.45) is 0 Å². The quantitative estimate of drug-likeness (QED) is 0.814. The number of benzene rings is 1. The van der Waals surface area contributed by atoms with Gasteiger partial charge in [-0.1, -0.05) is 12.1 Å². The van der Waals surface area contributed by atoms with Gasteiger partial charge in [0.2, 0.25) is 5.91 Å². The highest BCUT2D eigenvalue weighted by molar-refractivity contribution is 5.79. The first kappa shape index (κ1) is 18.3. The van der Waals surface area contributed by atoms with Crippen molar-refractivity contribution >= 4 is 5.91 Å². The lowest BCUT2D eigenvalue weighted by Crippen LogP contribution is -2.55. The van der Waals surface area contributed by atoms with E-state index in [0.717, 1.165) is 11.3 Å². The molecule has 2 aromatic rings. The standard InChI is InChI=1S/C16H19F3N6O/c1-12-9-23(6-7-24(12)10-16(17,18)19)15(26)8-13-2-4-14(5-3-13)25-11-20-21-22-25/h2-5,11-12H,6-10H2,1H3. The lowest BCUT2D eigenvalue weighted by Gasteiger charge is -2.40. The van der Waals surface area contributed by atoms with Crippen LogP contribution in [0.25, 0.3) is 5.69 Å². The van der Waals surface area contributed by atoms with Crippen molar-refractivity contribution in [3.63, 3.8) is 0 Å². The van der Waals surface area contributed by atoms with E-state index in [4.69, 9.17) is 0 Å². The van der Waals surface area contributed by atoms with Crippen LogP contribution in [0.15, 0.2) is 30.6 Å². The fourth-order valence-electron chi connectivity index (χ4n) is 3.02. The van der Waals surface area contributed by atoms with Crippen molar-refractivity contribution in [2.75, 3.05) is 26.2 Å². The molecule has 10 heteroatoms. The van der Waals surface area contributed by atoms with Crippen LogP contribution < -0.4 is 0 Å². The topological polar surface area (TPSA) is 67.2 Å². The van der Waals surface area contributed by atoms with Crippen molar-refractivity contribution in [1.29, 1.82) is 0 Å². The van der Waals surface area contributed by atoms with Gasteiger partial charge < -0.3 is 4.90 Å². The Morgan fingerprint density at radius 2 is 1.96 bits per heavy atom. The molecule has 0 aliphatic carbocycles. The van der Waals surface area contributed by atoms with Crippen LogP contribution in [0.5, 0.6) is 0 Å². The van der Waals surface area contributed by atoms with Gasteiger partial charge in [-0.2, -0.15) is 13.2 Å². The molecule has 1 aromatic carbocycles. The molecule has 1 fully saturated rings. The molecule has 1 aromatic heterocycles. The van der Waals surface area contributed by atoms with Gasteiger partial charge in [0.1, 0.15) is 6.33 Å². The van der Waals surface area contributed by atoms with Gasteiger partial charge >= 0.3 is 6.18 Å². The van der Waals surface area contributed by atoms with Gasteiger partial charge in [-0.25, -0.2) is 4.68 Å². The van der Waals surface area contributed by atoms with Crippen molar-refractivity contribution in [2.45, 2.75) is 25.6 Å². The summed E-state index contributed by atoms with van der Waals surface area (Å²) < 4.78 is 39.2. The predicted octanol–water partition coefficient (Wildman–Crippen LogP) is 1.30. The van der Waals surface area contributed by atoms with E-state index in [-0.39, 0.29) is 24.9 Å². The van der Waals surface area contributed by atoms with E-state index in [9.17, 15) is 18.0 Å². The van der Waals surface area contributed by atoms with E-state index in [1.54, 1.807) is 11.8 Å². The van der Waals surface area contributed by atoms with Crippen LogP contribution in [0.3, 0.4) is 0 Å².